The number of carbonyl (C=O) groups excluding carboxylic acids is 1. The Morgan fingerprint density at radius 2 is 1.97 bits per heavy atom. The third-order valence-corrected chi connectivity index (χ3v) is 6.19. The molecule has 2 aromatic heterocycles. The first-order chi connectivity index (χ1) is 16.0. The van der Waals surface area contributed by atoms with Crippen molar-refractivity contribution in [2.24, 2.45) is 11.8 Å². The average Bonchev–Trinajstić information content (AvgIpc) is 3.59. The highest BCUT2D eigenvalue weighted by Crippen LogP contribution is 2.39. The third-order valence-electron chi connectivity index (χ3n) is 6.19. The topological polar surface area (TPSA) is 85.3 Å². The molecule has 33 heavy (non-hydrogen) atoms. The van der Waals surface area contributed by atoms with E-state index < -0.39 is 0 Å². The zero-order chi connectivity index (χ0) is 22.9. The van der Waals surface area contributed by atoms with Gasteiger partial charge in [0, 0.05) is 29.0 Å². The van der Waals surface area contributed by atoms with Gasteiger partial charge in [-0.05, 0) is 47.6 Å². The zero-order valence-electron chi connectivity index (χ0n) is 18.2. The van der Waals surface area contributed by atoms with Crippen LogP contribution in [0, 0.1) is 25.3 Å². The first-order valence-corrected chi connectivity index (χ1v) is 10.9. The van der Waals surface area contributed by atoms with Crippen molar-refractivity contribution in [1.82, 2.24) is 9.97 Å². The second kappa shape index (κ2) is 8.36. The Bertz CT molecular complexity index is 1410. The number of amides is 1. The first kappa shape index (κ1) is 20.7. The number of benzene rings is 2. The van der Waals surface area contributed by atoms with Crippen LogP contribution in [0.15, 0.2) is 66.9 Å². The van der Waals surface area contributed by atoms with Crippen LogP contribution < -0.4 is 11.1 Å². The molecule has 1 fully saturated rings. The SMILES string of the molecule is [C-]#[N+]C[C@@H]1C[C@H]1C(=O)Nc1cc2cc(-c3ccc(-c4ccccc4)cc3C)nc(N)c2cn1. The summed E-state index contributed by atoms with van der Waals surface area (Å²) >= 11 is 0. The molecule has 2 atom stereocenters. The minimum Gasteiger partial charge on any atom is -0.383 e. The number of fused-ring (bicyclic) bond motifs is 1. The van der Waals surface area contributed by atoms with Crippen molar-refractivity contribution in [2.45, 2.75) is 13.3 Å². The predicted octanol–water partition coefficient (Wildman–Crippen LogP) is 5.35. The van der Waals surface area contributed by atoms with E-state index in [0.29, 0.717) is 18.2 Å². The highest BCUT2D eigenvalue weighted by atomic mass is 16.2. The van der Waals surface area contributed by atoms with Crippen LogP contribution in [0.1, 0.15) is 12.0 Å². The number of hydrogen-bond acceptors (Lipinski definition) is 4. The van der Waals surface area contributed by atoms with Gasteiger partial charge in [-0.15, -0.1) is 0 Å². The smallest absolute Gasteiger partial charge is 0.229 e. The van der Waals surface area contributed by atoms with E-state index >= 15 is 0 Å². The summed E-state index contributed by atoms with van der Waals surface area (Å²) in [7, 11) is 0. The molecule has 2 heterocycles. The van der Waals surface area contributed by atoms with E-state index in [9.17, 15) is 4.79 Å². The van der Waals surface area contributed by atoms with E-state index in [4.69, 9.17) is 12.3 Å². The van der Waals surface area contributed by atoms with Crippen molar-refractivity contribution in [3.05, 3.63) is 83.8 Å². The molecule has 162 valence electrons. The van der Waals surface area contributed by atoms with E-state index in [1.54, 1.807) is 6.20 Å². The van der Waals surface area contributed by atoms with Crippen molar-refractivity contribution in [1.29, 1.82) is 0 Å². The zero-order valence-corrected chi connectivity index (χ0v) is 18.2. The Labute approximate surface area is 192 Å². The Hall–Kier alpha value is -4.24. The number of aryl methyl sites for hydroxylation is 1. The molecule has 0 unspecified atom stereocenters. The lowest BCUT2D eigenvalue weighted by Gasteiger charge is -2.12. The van der Waals surface area contributed by atoms with Gasteiger partial charge in [-0.25, -0.2) is 16.5 Å². The standard InChI is InChI=1S/C27H23N5O/c1-16-10-18(17-6-4-3-5-7-17)8-9-21(16)24-12-19-13-25(30-15-23(19)26(28)31-24)32-27(33)22-11-20(22)14-29-2/h3-10,12-13,15,20,22H,11,14H2,1H3,(H2,28,31)(H,30,32,33)/t20-,22+/m0/s1. The first-order valence-electron chi connectivity index (χ1n) is 10.9. The minimum atomic E-state index is -0.0968. The molecule has 5 rings (SSSR count). The molecule has 6 heteroatoms. The normalized spacial score (nSPS) is 16.8. The van der Waals surface area contributed by atoms with Gasteiger partial charge in [-0.2, -0.15) is 0 Å². The largest absolute Gasteiger partial charge is 0.383 e. The molecular weight excluding hydrogens is 410 g/mol. The average molecular weight is 434 g/mol. The summed E-state index contributed by atoms with van der Waals surface area (Å²) in [6.45, 7) is 9.43. The molecule has 0 aliphatic heterocycles. The van der Waals surface area contributed by atoms with Crippen LogP contribution in [0.3, 0.4) is 0 Å². The van der Waals surface area contributed by atoms with Gasteiger partial charge in [0.05, 0.1) is 5.69 Å². The molecular formula is C27H23N5O. The quantitative estimate of drug-likeness (QED) is 0.416. The van der Waals surface area contributed by atoms with Crippen LogP contribution in [0.2, 0.25) is 0 Å². The molecule has 6 nitrogen and oxygen atoms in total. The Balaban J connectivity index is 1.45. The number of carbonyl (C=O) groups is 1. The number of nitrogens with one attached hydrogen (secondary N) is 1. The number of pyridine rings is 2. The molecule has 1 amide bonds. The molecule has 1 aliphatic rings. The fourth-order valence-corrected chi connectivity index (χ4v) is 4.25. The number of nitrogens with two attached hydrogens (primary N) is 1. The monoisotopic (exact) mass is 433 g/mol. The Kier molecular flexibility index (Phi) is 5.23. The van der Waals surface area contributed by atoms with Crippen molar-refractivity contribution < 1.29 is 4.79 Å². The van der Waals surface area contributed by atoms with E-state index in [0.717, 1.165) is 39.6 Å². The maximum absolute atomic E-state index is 12.5. The molecule has 3 N–H and O–H groups in total. The molecule has 0 spiro atoms. The van der Waals surface area contributed by atoms with Crippen LogP contribution in [0.4, 0.5) is 11.6 Å². The third kappa shape index (κ3) is 4.13. The molecule has 0 saturated heterocycles. The summed E-state index contributed by atoms with van der Waals surface area (Å²) < 4.78 is 0. The Morgan fingerprint density at radius 1 is 1.15 bits per heavy atom. The van der Waals surface area contributed by atoms with Crippen molar-refractivity contribution >= 4 is 28.3 Å². The molecule has 2 aromatic carbocycles. The lowest BCUT2D eigenvalue weighted by atomic mass is 9.97. The highest BCUT2D eigenvalue weighted by Gasteiger charge is 2.45. The van der Waals surface area contributed by atoms with Crippen LogP contribution in [-0.4, -0.2) is 22.4 Å². The summed E-state index contributed by atoms with van der Waals surface area (Å²) in [5.41, 5.74) is 11.5. The lowest BCUT2D eigenvalue weighted by molar-refractivity contribution is -0.117. The van der Waals surface area contributed by atoms with Crippen LogP contribution >= 0.6 is 0 Å². The lowest BCUT2D eigenvalue weighted by Crippen LogP contribution is -2.16. The maximum Gasteiger partial charge on any atom is 0.229 e. The summed E-state index contributed by atoms with van der Waals surface area (Å²) in [6.07, 6.45) is 2.41. The van der Waals surface area contributed by atoms with Gasteiger partial charge < -0.3 is 15.9 Å². The number of nitrogen functional groups attached to an aromatic ring is 1. The minimum absolute atomic E-state index is 0.0786. The highest BCUT2D eigenvalue weighted by molar-refractivity contribution is 5.98. The fraction of sp³-hybridized carbons (Fsp3) is 0.185. The molecule has 1 saturated carbocycles. The van der Waals surface area contributed by atoms with Gasteiger partial charge in [0.15, 0.2) is 0 Å². The van der Waals surface area contributed by atoms with E-state index in [2.05, 4.69) is 57.4 Å². The van der Waals surface area contributed by atoms with Crippen LogP contribution in [0.25, 0.3) is 38.0 Å². The van der Waals surface area contributed by atoms with Gasteiger partial charge in [0.25, 0.3) is 0 Å². The number of aromatic nitrogens is 2. The molecule has 1 aliphatic carbocycles. The number of anilines is 2. The fourth-order valence-electron chi connectivity index (χ4n) is 4.25. The van der Waals surface area contributed by atoms with Crippen molar-refractivity contribution in [2.75, 3.05) is 17.6 Å². The van der Waals surface area contributed by atoms with E-state index in [1.165, 1.54) is 5.56 Å². The summed E-state index contributed by atoms with van der Waals surface area (Å²) in [6, 6.07) is 20.4. The van der Waals surface area contributed by atoms with Crippen LogP contribution in [-0.2, 0) is 4.79 Å². The van der Waals surface area contributed by atoms with Gasteiger partial charge >= 0.3 is 0 Å². The summed E-state index contributed by atoms with van der Waals surface area (Å²) in [4.78, 5) is 24.8. The number of nitrogens with zero attached hydrogens (tertiary/aromatic N) is 3. The summed E-state index contributed by atoms with van der Waals surface area (Å²) in [5, 5.41) is 4.49. The number of hydrogen-bond donors (Lipinski definition) is 2. The van der Waals surface area contributed by atoms with Crippen molar-refractivity contribution in [3.63, 3.8) is 0 Å². The predicted molar refractivity (Wildman–Crippen MR) is 131 cm³/mol. The van der Waals surface area contributed by atoms with Gasteiger partial charge in [0.1, 0.15) is 11.6 Å². The molecule has 0 bridgehead atoms. The van der Waals surface area contributed by atoms with Gasteiger partial charge in [-0.3, -0.25) is 4.79 Å². The summed E-state index contributed by atoms with van der Waals surface area (Å²) in [5.74, 6) is 0.870. The van der Waals surface area contributed by atoms with Gasteiger partial charge in [-0.1, -0.05) is 48.5 Å². The number of rotatable bonds is 5. The molecule has 4 aromatic rings. The second-order valence-electron chi connectivity index (χ2n) is 8.51. The maximum atomic E-state index is 12.5. The molecule has 0 radical (unpaired) electrons. The van der Waals surface area contributed by atoms with Gasteiger partial charge in [0.2, 0.25) is 12.5 Å². The van der Waals surface area contributed by atoms with E-state index in [-0.39, 0.29) is 17.7 Å². The second-order valence-corrected chi connectivity index (χ2v) is 8.51. The van der Waals surface area contributed by atoms with Crippen LogP contribution in [0.5, 0.6) is 0 Å². The Morgan fingerprint density at radius 3 is 2.73 bits per heavy atom. The van der Waals surface area contributed by atoms with E-state index in [1.807, 2.05) is 30.3 Å². The van der Waals surface area contributed by atoms with Crippen molar-refractivity contribution in [3.8, 4) is 22.4 Å².